The lowest BCUT2D eigenvalue weighted by molar-refractivity contribution is -0.289. The van der Waals surface area contributed by atoms with Crippen molar-refractivity contribution < 1.29 is 20.3 Å². The average Bonchev–Trinajstić information content (AvgIpc) is 2.04. The van der Waals surface area contributed by atoms with Gasteiger partial charge >= 0.3 is 0 Å². The first-order valence-corrected chi connectivity index (χ1v) is 4.29. The summed E-state index contributed by atoms with van der Waals surface area (Å²) in [6.07, 6.45) is 2.34. The summed E-state index contributed by atoms with van der Waals surface area (Å²) in [4.78, 5) is 8.20. The van der Waals surface area contributed by atoms with Gasteiger partial charge in [-0.05, 0) is 25.2 Å². The van der Waals surface area contributed by atoms with Crippen LogP contribution in [0.15, 0.2) is 0 Å². The minimum absolute atomic E-state index is 0.108. The monoisotopic (exact) mass is 178 g/mol. The molecule has 0 radical (unpaired) electrons. The van der Waals surface area contributed by atoms with Crippen LogP contribution in [-0.4, -0.2) is 23.2 Å². The van der Waals surface area contributed by atoms with Crippen LogP contribution in [0, 0.1) is 5.92 Å². The summed E-state index contributed by atoms with van der Waals surface area (Å²) in [6, 6.07) is 0. The Morgan fingerprint density at radius 3 is 2.25 bits per heavy atom. The molecule has 74 valence electrons. The molecule has 0 saturated carbocycles. The van der Waals surface area contributed by atoms with Crippen molar-refractivity contribution in [2.75, 3.05) is 6.61 Å². The van der Waals surface area contributed by atoms with Gasteiger partial charge < -0.3 is 0 Å². The Hall–Kier alpha value is -0.160. The molecule has 0 aromatic carbocycles. The zero-order valence-electron chi connectivity index (χ0n) is 7.69. The molecule has 0 aliphatic rings. The Morgan fingerprint density at radius 1 is 1.17 bits per heavy atom. The largest absolute Gasteiger partial charge is 0.252 e. The lowest BCUT2D eigenvalue weighted by Crippen LogP contribution is -2.18. The minimum Gasteiger partial charge on any atom is -0.252 e. The van der Waals surface area contributed by atoms with Gasteiger partial charge in [-0.15, -0.1) is 0 Å². The topological polar surface area (TPSA) is 58.9 Å². The van der Waals surface area contributed by atoms with Gasteiger partial charge in [-0.1, -0.05) is 13.8 Å². The third-order valence-electron chi connectivity index (χ3n) is 1.85. The standard InChI is InChI=1S/C8H18O4/c1-7(2)8(12-10)5-3-4-6-11-9/h7-10H,3-6H2,1-2H3. The van der Waals surface area contributed by atoms with Crippen molar-refractivity contribution in [1.82, 2.24) is 0 Å². The van der Waals surface area contributed by atoms with E-state index < -0.39 is 0 Å². The predicted octanol–water partition coefficient (Wildman–Crippen LogP) is 2.16. The van der Waals surface area contributed by atoms with E-state index in [2.05, 4.69) is 9.78 Å². The highest BCUT2D eigenvalue weighted by atomic mass is 17.1. The van der Waals surface area contributed by atoms with Gasteiger partial charge in [0.05, 0.1) is 12.7 Å². The van der Waals surface area contributed by atoms with Crippen LogP contribution in [0.25, 0.3) is 0 Å². The van der Waals surface area contributed by atoms with Crippen molar-refractivity contribution in [1.29, 1.82) is 0 Å². The van der Waals surface area contributed by atoms with E-state index in [1.165, 1.54) is 0 Å². The maximum Gasteiger partial charge on any atom is 0.0950 e. The fourth-order valence-corrected chi connectivity index (χ4v) is 1.02. The zero-order valence-corrected chi connectivity index (χ0v) is 7.69. The number of hydrogen-bond donors (Lipinski definition) is 2. The fourth-order valence-electron chi connectivity index (χ4n) is 1.02. The molecule has 0 bridgehead atoms. The number of rotatable bonds is 7. The van der Waals surface area contributed by atoms with E-state index in [1.807, 2.05) is 13.8 Å². The molecule has 4 nitrogen and oxygen atoms in total. The normalized spacial score (nSPS) is 13.8. The Bertz CT molecular complexity index is 95.1. The van der Waals surface area contributed by atoms with Gasteiger partial charge in [0, 0.05) is 0 Å². The van der Waals surface area contributed by atoms with Crippen molar-refractivity contribution in [2.24, 2.45) is 5.92 Å². The second-order valence-corrected chi connectivity index (χ2v) is 3.22. The van der Waals surface area contributed by atoms with Crippen LogP contribution in [0.3, 0.4) is 0 Å². The summed E-state index contributed by atoms with van der Waals surface area (Å²) in [6.45, 7) is 4.32. The van der Waals surface area contributed by atoms with Gasteiger partial charge in [-0.25, -0.2) is 9.78 Å². The molecule has 0 aliphatic carbocycles. The van der Waals surface area contributed by atoms with E-state index in [0.717, 1.165) is 19.3 Å². The SMILES string of the molecule is CC(C)C(CCCCOO)OO. The number of unbranched alkanes of at least 4 members (excludes halogenated alkanes) is 1. The highest BCUT2D eigenvalue weighted by Crippen LogP contribution is 2.12. The molecule has 4 heteroatoms. The van der Waals surface area contributed by atoms with E-state index in [-0.39, 0.29) is 6.10 Å². The molecule has 0 heterocycles. The summed E-state index contributed by atoms with van der Waals surface area (Å²) < 4.78 is 0. The highest BCUT2D eigenvalue weighted by molar-refractivity contribution is 4.60. The molecular weight excluding hydrogens is 160 g/mol. The molecule has 2 N–H and O–H groups in total. The first-order chi connectivity index (χ1) is 5.72. The summed E-state index contributed by atoms with van der Waals surface area (Å²) in [7, 11) is 0. The van der Waals surface area contributed by atoms with E-state index in [9.17, 15) is 0 Å². The van der Waals surface area contributed by atoms with Crippen molar-refractivity contribution in [3.8, 4) is 0 Å². The molecule has 0 aromatic rings. The first-order valence-electron chi connectivity index (χ1n) is 4.29. The third-order valence-corrected chi connectivity index (χ3v) is 1.85. The molecule has 0 amide bonds. The summed E-state index contributed by atoms with van der Waals surface area (Å²) in [5.74, 6) is 0.310. The lowest BCUT2D eigenvalue weighted by atomic mass is 10.0. The molecule has 0 aliphatic heterocycles. The van der Waals surface area contributed by atoms with Gasteiger partial charge in [0.25, 0.3) is 0 Å². The average molecular weight is 178 g/mol. The van der Waals surface area contributed by atoms with Crippen molar-refractivity contribution in [3.05, 3.63) is 0 Å². The molecule has 0 aromatic heterocycles. The fraction of sp³-hybridized carbons (Fsp3) is 1.00. The second-order valence-electron chi connectivity index (χ2n) is 3.22. The van der Waals surface area contributed by atoms with Crippen LogP contribution in [0.2, 0.25) is 0 Å². The summed E-state index contributed by atoms with van der Waals surface area (Å²) in [5.41, 5.74) is 0. The van der Waals surface area contributed by atoms with Crippen LogP contribution < -0.4 is 0 Å². The maximum atomic E-state index is 8.47. The van der Waals surface area contributed by atoms with Gasteiger partial charge in [0.15, 0.2) is 0 Å². The van der Waals surface area contributed by atoms with Crippen LogP contribution in [0.5, 0.6) is 0 Å². The Labute approximate surface area is 73.0 Å². The summed E-state index contributed by atoms with van der Waals surface area (Å²) >= 11 is 0. The molecular formula is C8H18O4. The molecule has 0 fully saturated rings. The molecule has 1 unspecified atom stereocenters. The van der Waals surface area contributed by atoms with E-state index in [4.69, 9.17) is 10.5 Å². The van der Waals surface area contributed by atoms with E-state index in [0.29, 0.717) is 12.5 Å². The summed E-state index contributed by atoms with van der Waals surface area (Å²) in [5, 5.41) is 16.5. The smallest absolute Gasteiger partial charge is 0.0950 e. The molecule has 12 heavy (non-hydrogen) atoms. The Balaban J connectivity index is 3.32. The third kappa shape index (κ3) is 5.49. The lowest BCUT2D eigenvalue weighted by Gasteiger charge is -2.16. The quantitative estimate of drug-likeness (QED) is 0.356. The van der Waals surface area contributed by atoms with Crippen LogP contribution in [0.4, 0.5) is 0 Å². The first kappa shape index (κ1) is 11.8. The van der Waals surface area contributed by atoms with Gasteiger partial charge in [-0.3, -0.25) is 10.5 Å². The zero-order chi connectivity index (χ0) is 9.40. The molecule has 0 spiro atoms. The van der Waals surface area contributed by atoms with Crippen molar-refractivity contribution >= 4 is 0 Å². The Kier molecular flexibility index (Phi) is 7.39. The van der Waals surface area contributed by atoms with E-state index >= 15 is 0 Å². The maximum absolute atomic E-state index is 8.47. The van der Waals surface area contributed by atoms with Crippen molar-refractivity contribution in [3.63, 3.8) is 0 Å². The Morgan fingerprint density at radius 2 is 1.83 bits per heavy atom. The van der Waals surface area contributed by atoms with Gasteiger partial charge in [-0.2, -0.15) is 0 Å². The number of hydrogen-bond acceptors (Lipinski definition) is 4. The molecule has 0 saturated heterocycles. The van der Waals surface area contributed by atoms with Crippen LogP contribution in [-0.2, 0) is 9.78 Å². The van der Waals surface area contributed by atoms with Crippen LogP contribution >= 0.6 is 0 Å². The molecule has 1 atom stereocenters. The van der Waals surface area contributed by atoms with E-state index in [1.54, 1.807) is 0 Å². The van der Waals surface area contributed by atoms with Crippen molar-refractivity contribution in [2.45, 2.75) is 39.2 Å². The minimum atomic E-state index is -0.108. The predicted molar refractivity (Wildman–Crippen MR) is 44.8 cm³/mol. The molecule has 0 rings (SSSR count). The van der Waals surface area contributed by atoms with Gasteiger partial charge in [0.1, 0.15) is 0 Å². The second kappa shape index (κ2) is 7.49. The van der Waals surface area contributed by atoms with Gasteiger partial charge in [0.2, 0.25) is 0 Å². The highest BCUT2D eigenvalue weighted by Gasteiger charge is 2.12. The van der Waals surface area contributed by atoms with Crippen LogP contribution in [0.1, 0.15) is 33.1 Å².